The van der Waals surface area contributed by atoms with Crippen LogP contribution in [0.15, 0.2) is 12.1 Å². The van der Waals surface area contributed by atoms with E-state index in [1.807, 2.05) is 0 Å². The van der Waals surface area contributed by atoms with E-state index in [0.29, 0.717) is 19.3 Å². The maximum atomic E-state index is 13.0. The number of hydrogen-bond donors (Lipinski definition) is 1. The minimum atomic E-state index is -0.423. The van der Waals surface area contributed by atoms with Crippen LogP contribution in [0, 0.1) is 5.82 Å². The van der Waals surface area contributed by atoms with E-state index in [1.54, 1.807) is 6.07 Å². The number of anilines is 1. The first-order valence-corrected chi connectivity index (χ1v) is 4.25. The van der Waals surface area contributed by atoms with E-state index in [4.69, 9.17) is 5.73 Å². The molecule has 0 aliphatic heterocycles. The van der Waals surface area contributed by atoms with Crippen molar-refractivity contribution >= 4 is 11.5 Å². The Hall–Kier alpha value is -1.38. The predicted molar refractivity (Wildman–Crippen MR) is 47.8 cm³/mol. The first-order valence-electron chi connectivity index (χ1n) is 4.25. The first-order chi connectivity index (χ1) is 6.16. The molecular formula is C10H10FNO. The van der Waals surface area contributed by atoms with E-state index in [1.165, 1.54) is 6.07 Å². The van der Waals surface area contributed by atoms with Crippen molar-refractivity contribution in [3.8, 4) is 0 Å². The number of aryl methyl sites for hydroxylation is 1. The lowest BCUT2D eigenvalue weighted by Crippen LogP contribution is -2.14. The van der Waals surface area contributed by atoms with Gasteiger partial charge in [0.1, 0.15) is 11.6 Å². The number of nitrogen functional groups attached to an aromatic ring is 1. The summed E-state index contributed by atoms with van der Waals surface area (Å²) in [6.07, 6.45) is 1.60. The van der Waals surface area contributed by atoms with Crippen LogP contribution in [-0.4, -0.2) is 5.78 Å². The van der Waals surface area contributed by atoms with Crippen LogP contribution in [0.25, 0.3) is 0 Å². The molecule has 0 atom stereocenters. The van der Waals surface area contributed by atoms with Gasteiger partial charge in [-0.25, -0.2) is 4.39 Å². The molecule has 1 aliphatic rings. The van der Waals surface area contributed by atoms with E-state index < -0.39 is 5.82 Å². The van der Waals surface area contributed by atoms with E-state index in [0.717, 1.165) is 11.1 Å². The first kappa shape index (κ1) is 8.23. The molecular weight excluding hydrogens is 169 g/mol. The highest BCUT2D eigenvalue weighted by atomic mass is 19.1. The monoisotopic (exact) mass is 179 g/mol. The molecule has 0 saturated heterocycles. The fourth-order valence-corrected chi connectivity index (χ4v) is 1.65. The van der Waals surface area contributed by atoms with E-state index >= 15 is 0 Å². The number of fused-ring (bicyclic) bond motifs is 1. The lowest BCUT2D eigenvalue weighted by atomic mass is 9.90. The molecule has 0 saturated carbocycles. The molecule has 0 fully saturated rings. The van der Waals surface area contributed by atoms with Gasteiger partial charge >= 0.3 is 0 Å². The van der Waals surface area contributed by atoms with Gasteiger partial charge in [-0.2, -0.15) is 0 Å². The van der Waals surface area contributed by atoms with Crippen molar-refractivity contribution < 1.29 is 9.18 Å². The van der Waals surface area contributed by atoms with Crippen molar-refractivity contribution in [1.29, 1.82) is 0 Å². The van der Waals surface area contributed by atoms with Gasteiger partial charge < -0.3 is 5.73 Å². The molecule has 0 unspecified atom stereocenters. The molecule has 2 rings (SSSR count). The average molecular weight is 179 g/mol. The molecule has 0 aromatic heterocycles. The normalized spacial score (nSPS) is 15.6. The van der Waals surface area contributed by atoms with Crippen molar-refractivity contribution in [3.05, 3.63) is 29.1 Å². The van der Waals surface area contributed by atoms with Crippen LogP contribution >= 0.6 is 0 Å². The molecule has 2 N–H and O–H groups in total. The third-order valence-electron chi connectivity index (χ3n) is 2.38. The Kier molecular flexibility index (Phi) is 1.79. The Morgan fingerprint density at radius 3 is 2.77 bits per heavy atom. The van der Waals surface area contributed by atoms with Gasteiger partial charge in [-0.15, -0.1) is 0 Å². The number of hydrogen-bond acceptors (Lipinski definition) is 2. The molecule has 0 bridgehead atoms. The SMILES string of the molecule is Nc1cc2c(cc1F)CC(=O)CC2. The Balaban J connectivity index is 2.49. The van der Waals surface area contributed by atoms with E-state index in [2.05, 4.69) is 0 Å². The molecule has 0 amide bonds. The summed E-state index contributed by atoms with van der Waals surface area (Å²) in [6, 6.07) is 3.01. The standard InChI is InChI=1S/C10H10FNO/c11-9-4-7-3-8(13)2-1-6(7)5-10(9)12/h4-5H,1-3,12H2. The van der Waals surface area contributed by atoms with Crippen LogP contribution in [0.2, 0.25) is 0 Å². The van der Waals surface area contributed by atoms with Gasteiger partial charge in [-0.05, 0) is 29.7 Å². The molecule has 3 heteroatoms. The summed E-state index contributed by atoms with van der Waals surface area (Å²) in [5, 5.41) is 0. The molecule has 68 valence electrons. The van der Waals surface area contributed by atoms with Crippen molar-refractivity contribution in [1.82, 2.24) is 0 Å². The highest BCUT2D eigenvalue weighted by molar-refractivity contribution is 5.83. The molecule has 0 heterocycles. The molecule has 1 aromatic rings. The summed E-state index contributed by atoms with van der Waals surface area (Å²) in [7, 11) is 0. The minimum absolute atomic E-state index is 0.174. The quantitative estimate of drug-likeness (QED) is 0.613. The number of benzene rings is 1. The van der Waals surface area contributed by atoms with Crippen LogP contribution in [0.3, 0.4) is 0 Å². The predicted octanol–water partition coefficient (Wildman–Crippen LogP) is 1.47. The Morgan fingerprint density at radius 2 is 2.00 bits per heavy atom. The summed E-state index contributed by atoms with van der Waals surface area (Å²) in [4.78, 5) is 11.1. The zero-order chi connectivity index (χ0) is 9.42. The fourth-order valence-electron chi connectivity index (χ4n) is 1.65. The maximum absolute atomic E-state index is 13.0. The number of Topliss-reactive ketones (excluding diaryl/α,β-unsaturated/α-hetero) is 1. The van der Waals surface area contributed by atoms with E-state index in [9.17, 15) is 9.18 Å². The van der Waals surface area contributed by atoms with Crippen LogP contribution in [0.5, 0.6) is 0 Å². The Bertz CT molecular complexity index is 373. The molecule has 1 aromatic carbocycles. The Morgan fingerprint density at radius 1 is 1.23 bits per heavy atom. The molecule has 1 aliphatic carbocycles. The lowest BCUT2D eigenvalue weighted by Gasteiger charge is -2.15. The van der Waals surface area contributed by atoms with Crippen LogP contribution in [-0.2, 0) is 17.6 Å². The molecule has 0 radical (unpaired) electrons. The van der Waals surface area contributed by atoms with Gasteiger partial charge in [-0.3, -0.25) is 4.79 Å². The zero-order valence-electron chi connectivity index (χ0n) is 7.14. The second-order valence-electron chi connectivity index (χ2n) is 3.36. The van der Waals surface area contributed by atoms with Crippen molar-refractivity contribution in [2.75, 3.05) is 5.73 Å². The summed E-state index contributed by atoms with van der Waals surface area (Å²) in [5.41, 5.74) is 7.40. The minimum Gasteiger partial charge on any atom is -0.396 e. The number of ketones is 1. The van der Waals surface area contributed by atoms with Crippen molar-refractivity contribution in [2.45, 2.75) is 19.3 Å². The average Bonchev–Trinajstić information content (AvgIpc) is 2.08. The highest BCUT2D eigenvalue weighted by Gasteiger charge is 2.17. The number of nitrogens with two attached hydrogens (primary N) is 1. The number of carbonyl (C=O) groups excluding carboxylic acids is 1. The largest absolute Gasteiger partial charge is 0.396 e. The van der Waals surface area contributed by atoms with Crippen molar-refractivity contribution in [3.63, 3.8) is 0 Å². The van der Waals surface area contributed by atoms with Crippen molar-refractivity contribution in [2.24, 2.45) is 0 Å². The van der Waals surface area contributed by atoms with Crippen LogP contribution in [0.4, 0.5) is 10.1 Å². The lowest BCUT2D eigenvalue weighted by molar-refractivity contribution is -0.118. The second-order valence-corrected chi connectivity index (χ2v) is 3.36. The topological polar surface area (TPSA) is 43.1 Å². The summed E-state index contributed by atoms with van der Waals surface area (Å²) in [6.45, 7) is 0. The highest BCUT2D eigenvalue weighted by Crippen LogP contribution is 2.23. The van der Waals surface area contributed by atoms with Gasteiger partial charge in [0.15, 0.2) is 0 Å². The maximum Gasteiger partial charge on any atom is 0.146 e. The van der Waals surface area contributed by atoms with Crippen LogP contribution in [0.1, 0.15) is 17.5 Å². The second kappa shape index (κ2) is 2.83. The van der Waals surface area contributed by atoms with Gasteiger partial charge in [0.05, 0.1) is 5.69 Å². The summed E-state index contributed by atoms with van der Waals surface area (Å²) >= 11 is 0. The summed E-state index contributed by atoms with van der Waals surface area (Å²) in [5.74, 6) is -0.245. The summed E-state index contributed by atoms with van der Waals surface area (Å²) < 4.78 is 13.0. The van der Waals surface area contributed by atoms with Gasteiger partial charge in [-0.1, -0.05) is 0 Å². The van der Waals surface area contributed by atoms with E-state index in [-0.39, 0.29) is 11.5 Å². The molecule has 2 nitrogen and oxygen atoms in total. The zero-order valence-corrected chi connectivity index (χ0v) is 7.14. The number of rotatable bonds is 0. The van der Waals surface area contributed by atoms with Gasteiger partial charge in [0.2, 0.25) is 0 Å². The van der Waals surface area contributed by atoms with Gasteiger partial charge in [0.25, 0.3) is 0 Å². The molecule has 13 heavy (non-hydrogen) atoms. The molecule has 0 spiro atoms. The fraction of sp³-hybridized carbons (Fsp3) is 0.300. The smallest absolute Gasteiger partial charge is 0.146 e. The third kappa shape index (κ3) is 1.41. The Labute approximate surface area is 75.6 Å². The third-order valence-corrected chi connectivity index (χ3v) is 2.38. The number of halogens is 1. The van der Waals surface area contributed by atoms with Crippen LogP contribution < -0.4 is 5.73 Å². The van der Waals surface area contributed by atoms with Gasteiger partial charge in [0, 0.05) is 12.8 Å². The number of carbonyl (C=O) groups is 1.